The minimum Gasteiger partial charge on any atom is -0.337 e. The first-order valence-electron chi connectivity index (χ1n) is 13.3. The number of carbonyl (C=O) groups is 2. The predicted octanol–water partition coefficient (Wildman–Crippen LogP) is 3.88. The van der Waals surface area contributed by atoms with Gasteiger partial charge in [0.05, 0.1) is 0 Å². The van der Waals surface area contributed by atoms with Crippen LogP contribution in [0.2, 0.25) is 0 Å². The van der Waals surface area contributed by atoms with Crippen molar-refractivity contribution >= 4 is 17.5 Å². The maximum absolute atomic E-state index is 13.6. The van der Waals surface area contributed by atoms with Crippen molar-refractivity contribution in [3.63, 3.8) is 0 Å². The molecule has 37 heavy (non-hydrogen) atoms. The molecule has 0 radical (unpaired) electrons. The van der Waals surface area contributed by atoms with Gasteiger partial charge in [0.15, 0.2) is 0 Å². The molecule has 1 fully saturated rings. The van der Waals surface area contributed by atoms with Crippen molar-refractivity contribution in [1.82, 2.24) is 24.6 Å². The molecule has 2 unspecified atom stereocenters. The topological polar surface area (TPSA) is 74.6 Å². The quantitative estimate of drug-likeness (QED) is 0.514. The first-order valence-corrected chi connectivity index (χ1v) is 13.3. The van der Waals surface area contributed by atoms with E-state index >= 15 is 0 Å². The third kappa shape index (κ3) is 6.07. The van der Waals surface area contributed by atoms with E-state index in [4.69, 9.17) is 0 Å². The van der Waals surface area contributed by atoms with Gasteiger partial charge in [0, 0.05) is 88.6 Å². The Morgan fingerprint density at radius 3 is 2.57 bits per heavy atom. The number of hydrogen-bond acceptors (Lipinski definition) is 5. The lowest BCUT2D eigenvalue weighted by atomic mass is 10.1. The molecule has 0 N–H and O–H groups in total. The standard InChI is InChI=1S/C29H36N6O2/c1-23(36)34-19-13-26-9-10-27(35(26)20-24-11-15-30-16-12-24)22-32(21-25-6-2-3-7-28(25)34)29(37)8-4-17-33-18-5-14-31-33/h2-3,5-7,11-12,14-16,18,26-27H,4,8-10,13,17,19-22H2,1H3. The highest BCUT2D eigenvalue weighted by Gasteiger charge is 2.36. The number of hydrogen-bond donors (Lipinski definition) is 0. The molecule has 2 amide bonds. The normalized spacial score (nSPS) is 20.4. The fourth-order valence-corrected chi connectivity index (χ4v) is 5.81. The number of aromatic nitrogens is 3. The van der Waals surface area contributed by atoms with E-state index < -0.39 is 0 Å². The van der Waals surface area contributed by atoms with Gasteiger partial charge in [-0.25, -0.2) is 0 Å². The first-order chi connectivity index (χ1) is 18.1. The molecule has 2 aliphatic rings. The molecular formula is C29H36N6O2. The van der Waals surface area contributed by atoms with Crippen LogP contribution in [0.25, 0.3) is 0 Å². The van der Waals surface area contributed by atoms with Crippen LogP contribution in [0.1, 0.15) is 50.2 Å². The summed E-state index contributed by atoms with van der Waals surface area (Å²) in [6.45, 7) is 5.06. The summed E-state index contributed by atoms with van der Waals surface area (Å²) < 4.78 is 1.87. The van der Waals surface area contributed by atoms with Crippen LogP contribution in [0, 0.1) is 0 Å². The number of anilines is 1. The summed E-state index contributed by atoms with van der Waals surface area (Å²) in [6, 6.07) is 14.7. The van der Waals surface area contributed by atoms with E-state index in [1.165, 1.54) is 5.56 Å². The molecule has 8 nitrogen and oxygen atoms in total. The van der Waals surface area contributed by atoms with Gasteiger partial charge in [-0.2, -0.15) is 5.10 Å². The lowest BCUT2D eigenvalue weighted by Crippen LogP contribution is -2.45. The van der Waals surface area contributed by atoms with E-state index in [2.05, 4.69) is 33.2 Å². The molecule has 2 aliphatic heterocycles. The van der Waals surface area contributed by atoms with Crippen molar-refractivity contribution < 1.29 is 9.59 Å². The van der Waals surface area contributed by atoms with E-state index in [1.807, 2.05) is 57.3 Å². The highest BCUT2D eigenvalue weighted by molar-refractivity contribution is 5.92. The summed E-state index contributed by atoms with van der Waals surface area (Å²) in [7, 11) is 0. The highest BCUT2D eigenvalue weighted by Crippen LogP contribution is 2.32. The summed E-state index contributed by atoms with van der Waals surface area (Å²) >= 11 is 0. The van der Waals surface area contributed by atoms with Crippen LogP contribution in [0.3, 0.4) is 0 Å². The lowest BCUT2D eigenvalue weighted by molar-refractivity contribution is -0.132. The van der Waals surface area contributed by atoms with Crippen molar-refractivity contribution in [3.05, 3.63) is 78.4 Å². The molecule has 194 valence electrons. The molecular weight excluding hydrogens is 464 g/mol. The van der Waals surface area contributed by atoms with Gasteiger partial charge in [-0.3, -0.25) is 24.2 Å². The Bertz CT molecular complexity index is 1180. The Morgan fingerprint density at radius 2 is 1.78 bits per heavy atom. The Hall–Kier alpha value is -3.52. The van der Waals surface area contributed by atoms with Crippen LogP contribution < -0.4 is 4.90 Å². The molecule has 8 heteroatoms. The highest BCUT2D eigenvalue weighted by atomic mass is 16.2. The molecule has 5 rings (SSSR count). The second-order valence-electron chi connectivity index (χ2n) is 10.1. The fraction of sp³-hybridized carbons (Fsp3) is 0.448. The second-order valence-corrected chi connectivity index (χ2v) is 10.1. The zero-order valence-corrected chi connectivity index (χ0v) is 21.6. The Kier molecular flexibility index (Phi) is 7.94. The first kappa shape index (κ1) is 25.1. The Morgan fingerprint density at radius 1 is 0.973 bits per heavy atom. The van der Waals surface area contributed by atoms with Crippen molar-refractivity contribution in [2.45, 2.75) is 70.7 Å². The minimum atomic E-state index is 0.0408. The molecule has 0 aliphatic carbocycles. The monoisotopic (exact) mass is 500 g/mol. The van der Waals surface area contributed by atoms with Gasteiger partial charge < -0.3 is 9.80 Å². The van der Waals surface area contributed by atoms with Gasteiger partial charge in [0.25, 0.3) is 0 Å². The predicted molar refractivity (Wildman–Crippen MR) is 143 cm³/mol. The van der Waals surface area contributed by atoms with E-state index in [9.17, 15) is 9.59 Å². The molecule has 0 spiro atoms. The molecule has 3 aromatic rings. The summed E-state index contributed by atoms with van der Waals surface area (Å²) in [5.41, 5.74) is 3.17. The lowest BCUT2D eigenvalue weighted by Gasteiger charge is -2.34. The molecule has 2 bridgehead atoms. The average molecular weight is 501 g/mol. The van der Waals surface area contributed by atoms with Crippen LogP contribution in [0.15, 0.2) is 67.3 Å². The smallest absolute Gasteiger partial charge is 0.223 e. The zero-order chi connectivity index (χ0) is 25.6. The van der Waals surface area contributed by atoms with Gasteiger partial charge in [-0.1, -0.05) is 18.2 Å². The Labute approximate surface area is 218 Å². The van der Waals surface area contributed by atoms with Crippen LogP contribution in [0.5, 0.6) is 0 Å². The minimum absolute atomic E-state index is 0.0408. The summed E-state index contributed by atoms with van der Waals surface area (Å²) in [6.07, 6.45) is 11.6. The van der Waals surface area contributed by atoms with Crippen LogP contribution >= 0.6 is 0 Å². The van der Waals surface area contributed by atoms with Crippen molar-refractivity contribution in [2.24, 2.45) is 0 Å². The van der Waals surface area contributed by atoms with Gasteiger partial charge in [-0.05, 0) is 61.1 Å². The number of amides is 2. The molecule has 1 saturated heterocycles. The van der Waals surface area contributed by atoms with Crippen molar-refractivity contribution in [3.8, 4) is 0 Å². The van der Waals surface area contributed by atoms with E-state index in [1.54, 1.807) is 13.1 Å². The van der Waals surface area contributed by atoms with Gasteiger partial charge in [0.2, 0.25) is 11.8 Å². The fourth-order valence-electron chi connectivity index (χ4n) is 5.81. The van der Waals surface area contributed by atoms with Gasteiger partial charge in [-0.15, -0.1) is 0 Å². The largest absolute Gasteiger partial charge is 0.337 e. The van der Waals surface area contributed by atoms with Crippen LogP contribution in [-0.2, 0) is 29.2 Å². The number of aryl methyl sites for hydroxylation is 1. The third-order valence-electron chi connectivity index (χ3n) is 7.72. The third-order valence-corrected chi connectivity index (χ3v) is 7.72. The van der Waals surface area contributed by atoms with Crippen molar-refractivity contribution in [1.29, 1.82) is 0 Å². The SMILES string of the molecule is CC(=O)N1CCC2CCC(CN(C(=O)CCCn3cccn3)Cc3ccccc31)N2Cc1ccncc1. The number of rotatable bonds is 6. The van der Waals surface area contributed by atoms with Crippen LogP contribution in [-0.4, -0.2) is 61.6 Å². The van der Waals surface area contributed by atoms with E-state index in [0.29, 0.717) is 32.1 Å². The number of fused-ring (bicyclic) bond motifs is 3. The zero-order valence-electron chi connectivity index (χ0n) is 21.6. The average Bonchev–Trinajstić information content (AvgIpc) is 3.54. The van der Waals surface area contributed by atoms with E-state index in [-0.39, 0.29) is 17.9 Å². The maximum atomic E-state index is 13.6. The molecule has 2 atom stereocenters. The Balaban J connectivity index is 1.42. The number of carbonyl (C=O) groups excluding carboxylic acids is 2. The summed E-state index contributed by atoms with van der Waals surface area (Å²) in [5, 5.41) is 4.26. The number of nitrogens with zero attached hydrogens (tertiary/aromatic N) is 6. The molecule has 4 heterocycles. The van der Waals surface area contributed by atoms with Crippen molar-refractivity contribution in [2.75, 3.05) is 18.0 Å². The summed E-state index contributed by atoms with van der Waals surface area (Å²) in [5.74, 6) is 0.196. The molecule has 1 aromatic carbocycles. The number of benzene rings is 1. The maximum Gasteiger partial charge on any atom is 0.223 e. The van der Waals surface area contributed by atoms with Crippen LogP contribution in [0.4, 0.5) is 5.69 Å². The van der Waals surface area contributed by atoms with Gasteiger partial charge >= 0.3 is 0 Å². The molecule has 2 aromatic heterocycles. The number of pyridine rings is 1. The summed E-state index contributed by atoms with van der Waals surface area (Å²) in [4.78, 5) is 37.1. The van der Waals surface area contributed by atoms with E-state index in [0.717, 1.165) is 50.0 Å². The second kappa shape index (κ2) is 11.7. The van der Waals surface area contributed by atoms with Gasteiger partial charge in [0.1, 0.15) is 0 Å². The molecule has 0 saturated carbocycles. The number of para-hydroxylation sites is 1.